The third-order valence-corrected chi connectivity index (χ3v) is 3.92. The zero-order chi connectivity index (χ0) is 13.0. The van der Waals surface area contributed by atoms with E-state index >= 15 is 0 Å². The minimum absolute atomic E-state index is 0.0406. The summed E-state index contributed by atoms with van der Waals surface area (Å²) in [5, 5.41) is 3.23. The summed E-state index contributed by atoms with van der Waals surface area (Å²) in [7, 11) is 0. The quantitative estimate of drug-likeness (QED) is 0.895. The van der Waals surface area contributed by atoms with Crippen LogP contribution in [0.1, 0.15) is 19.5 Å². The minimum atomic E-state index is -0.0406. The highest BCUT2D eigenvalue weighted by molar-refractivity contribution is 7.99. The van der Waals surface area contributed by atoms with E-state index in [1.54, 1.807) is 18.0 Å². The summed E-state index contributed by atoms with van der Waals surface area (Å²) in [6.07, 6.45) is 1.77. The van der Waals surface area contributed by atoms with Gasteiger partial charge in [-0.2, -0.15) is 0 Å². The predicted octanol–water partition coefficient (Wildman–Crippen LogP) is 1.48. The fourth-order valence-corrected chi connectivity index (χ4v) is 2.87. The van der Waals surface area contributed by atoms with Crippen molar-refractivity contribution < 1.29 is 4.79 Å². The van der Waals surface area contributed by atoms with Crippen LogP contribution in [0.15, 0.2) is 24.4 Å². The molecule has 2 rings (SSSR count). The molecule has 1 amide bonds. The van der Waals surface area contributed by atoms with Gasteiger partial charge in [-0.05, 0) is 26.0 Å². The van der Waals surface area contributed by atoms with Gasteiger partial charge in [0, 0.05) is 23.9 Å². The first-order valence-corrected chi connectivity index (χ1v) is 7.35. The molecular formula is C13H19N3OS. The van der Waals surface area contributed by atoms with Crippen LogP contribution in [-0.4, -0.2) is 39.5 Å². The second-order valence-corrected chi connectivity index (χ2v) is 5.68. The molecule has 1 fully saturated rings. The van der Waals surface area contributed by atoms with Crippen LogP contribution in [0.25, 0.3) is 0 Å². The van der Waals surface area contributed by atoms with Crippen molar-refractivity contribution in [2.24, 2.45) is 0 Å². The number of pyridine rings is 1. The number of carbonyl (C=O) groups excluding carboxylic acids is 1. The molecule has 0 bridgehead atoms. The molecule has 0 aromatic carbocycles. The van der Waals surface area contributed by atoms with Crippen molar-refractivity contribution in [2.75, 3.05) is 11.6 Å². The van der Waals surface area contributed by atoms with Crippen LogP contribution < -0.4 is 5.32 Å². The molecule has 98 valence electrons. The maximum Gasteiger partial charge on any atom is 0.241 e. The molecule has 1 aliphatic heterocycles. The first kappa shape index (κ1) is 13.4. The molecule has 0 spiro atoms. The molecule has 1 aliphatic rings. The van der Waals surface area contributed by atoms with E-state index in [2.05, 4.69) is 10.3 Å². The monoisotopic (exact) mass is 265 g/mol. The highest BCUT2D eigenvalue weighted by atomic mass is 32.2. The molecule has 1 aromatic heterocycles. The summed E-state index contributed by atoms with van der Waals surface area (Å²) in [5.41, 5.74) is 0.935. The minimum Gasteiger partial charge on any atom is -0.333 e. The summed E-state index contributed by atoms with van der Waals surface area (Å²) < 4.78 is 0. The molecule has 1 aromatic rings. The third kappa shape index (κ3) is 3.23. The Morgan fingerprint density at radius 2 is 2.44 bits per heavy atom. The smallest absolute Gasteiger partial charge is 0.241 e. The van der Waals surface area contributed by atoms with Crippen LogP contribution in [0.3, 0.4) is 0 Å². The molecule has 1 N–H and O–H groups in total. The van der Waals surface area contributed by atoms with E-state index in [0.29, 0.717) is 6.54 Å². The van der Waals surface area contributed by atoms with Crippen molar-refractivity contribution in [3.63, 3.8) is 0 Å². The molecule has 5 heteroatoms. The molecule has 0 saturated carbocycles. The first-order valence-electron chi connectivity index (χ1n) is 6.20. The number of nitrogens with zero attached hydrogens (tertiary/aromatic N) is 2. The van der Waals surface area contributed by atoms with Gasteiger partial charge in [0.25, 0.3) is 0 Å². The molecular weight excluding hydrogens is 246 g/mol. The van der Waals surface area contributed by atoms with E-state index in [-0.39, 0.29) is 18.0 Å². The molecule has 1 atom stereocenters. The Morgan fingerprint density at radius 1 is 1.61 bits per heavy atom. The SMILES string of the molecule is CC(C)N(Cc1ccccn1)C(=O)C1CSCN1. The Bertz CT molecular complexity index is 390. The molecule has 0 radical (unpaired) electrons. The Balaban J connectivity index is 2.06. The average molecular weight is 265 g/mol. The molecule has 1 saturated heterocycles. The average Bonchev–Trinajstić information content (AvgIpc) is 2.90. The second kappa shape index (κ2) is 6.20. The topological polar surface area (TPSA) is 45.2 Å². The van der Waals surface area contributed by atoms with Gasteiger partial charge in [0.05, 0.1) is 18.3 Å². The Hall–Kier alpha value is -1.07. The Morgan fingerprint density at radius 3 is 3.00 bits per heavy atom. The van der Waals surface area contributed by atoms with Gasteiger partial charge in [-0.1, -0.05) is 6.07 Å². The van der Waals surface area contributed by atoms with Gasteiger partial charge in [-0.25, -0.2) is 0 Å². The standard InChI is InChI=1S/C13H19N3OS/c1-10(2)16(7-11-5-3-4-6-14-11)13(17)12-8-18-9-15-12/h3-6,10,12,15H,7-9H2,1-2H3. The lowest BCUT2D eigenvalue weighted by molar-refractivity contribution is -0.135. The fourth-order valence-electron chi connectivity index (χ4n) is 1.94. The zero-order valence-corrected chi connectivity index (χ0v) is 11.6. The van der Waals surface area contributed by atoms with Gasteiger partial charge in [0.1, 0.15) is 0 Å². The van der Waals surface area contributed by atoms with E-state index in [1.165, 1.54) is 0 Å². The lowest BCUT2D eigenvalue weighted by Crippen LogP contribution is -2.47. The number of hydrogen-bond acceptors (Lipinski definition) is 4. The lowest BCUT2D eigenvalue weighted by Gasteiger charge is -2.28. The van der Waals surface area contributed by atoms with Crippen molar-refractivity contribution >= 4 is 17.7 Å². The number of rotatable bonds is 4. The van der Waals surface area contributed by atoms with E-state index < -0.39 is 0 Å². The van der Waals surface area contributed by atoms with E-state index in [4.69, 9.17) is 0 Å². The maximum atomic E-state index is 12.4. The van der Waals surface area contributed by atoms with Crippen LogP contribution in [0.5, 0.6) is 0 Å². The van der Waals surface area contributed by atoms with Crippen molar-refractivity contribution in [3.8, 4) is 0 Å². The number of aromatic nitrogens is 1. The van der Waals surface area contributed by atoms with Gasteiger partial charge >= 0.3 is 0 Å². The van der Waals surface area contributed by atoms with E-state index in [1.807, 2.05) is 36.9 Å². The Kier molecular flexibility index (Phi) is 4.60. The van der Waals surface area contributed by atoms with Crippen molar-refractivity contribution in [3.05, 3.63) is 30.1 Å². The van der Waals surface area contributed by atoms with Gasteiger partial charge in [-0.15, -0.1) is 11.8 Å². The maximum absolute atomic E-state index is 12.4. The fraction of sp³-hybridized carbons (Fsp3) is 0.538. The summed E-state index contributed by atoms with van der Waals surface area (Å²) in [5.74, 6) is 1.91. The summed E-state index contributed by atoms with van der Waals surface area (Å²) >= 11 is 1.77. The molecule has 18 heavy (non-hydrogen) atoms. The summed E-state index contributed by atoms with van der Waals surface area (Å²) in [4.78, 5) is 18.6. The lowest BCUT2D eigenvalue weighted by atomic mass is 10.2. The normalized spacial score (nSPS) is 19.2. The second-order valence-electron chi connectivity index (χ2n) is 4.65. The van der Waals surface area contributed by atoms with Gasteiger partial charge in [-0.3, -0.25) is 15.1 Å². The van der Waals surface area contributed by atoms with Crippen LogP contribution >= 0.6 is 11.8 Å². The first-order chi connectivity index (χ1) is 8.68. The van der Waals surface area contributed by atoms with Crippen LogP contribution in [0.2, 0.25) is 0 Å². The zero-order valence-electron chi connectivity index (χ0n) is 10.8. The predicted molar refractivity (Wildman–Crippen MR) is 74.2 cm³/mol. The highest BCUT2D eigenvalue weighted by Crippen LogP contribution is 2.15. The number of amides is 1. The molecule has 2 heterocycles. The third-order valence-electron chi connectivity index (χ3n) is 2.98. The molecule has 0 aliphatic carbocycles. The number of hydrogen-bond donors (Lipinski definition) is 1. The highest BCUT2D eigenvalue weighted by Gasteiger charge is 2.28. The summed E-state index contributed by atoms with van der Waals surface area (Å²) in [6.45, 7) is 4.67. The Labute approximate surface area is 112 Å². The van der Waals surface area contributed by atoms with Gasteiger partial charge in [0.2, 0.25) is 5.91 Å². The van der Waals surface area contributed by atoms with Gasteiger partial charge in [0.15, 0.2) is 0 Å². The number of thioether (sulfide) groups is 1. The number of carbonyl (C=O) groups is 1. The number of nitrogens with one attached hydrogen (secondary N) is 1. The molecule has 1 unspecified atom stereocenters. The van der Waals surface area contributed by atoms with E-state index in [9.17, 15) is 4.79 Å². The van der Waals surface area contributed by atoms with Crippen LogP contribution in [-0.2, 0) is 11.3 Å². The van der Waals surface area contributed by atoms with Crippen molar-refractivity contribution in [1.29, 1.82) is 0 Å². The largest absolute Gasteiger partial charge is 0.333 e. The van der Waals surface area contributed by atoms with Crippen LogP contribution in [0, 0.1) is 0 Å². The van der Waals surface area contributed by atoms with E-state index in [0.717, 1.165) is 17.3 Å². The van der Waals surface area contributed by atoms with Crippen LogP contribution in [0.4, 0.5) is 0 Å². The van der Waals surface area contributed by atoms with Crippen molar-refractivity contribution in [1.82, 2.24) is 15.2 Å². The summed E-state index contributed by atoms with van der Waals surface area (Å²) in [6, 6.07) is 5.95. The van der Waals surface area contributed by atoms with Gasteiger partial charge < -0.3 is 4.90 Å². The van der Waals surface area contributed by atoms with Crippen molar-refractivity contribution in [2.45, 2.75) is 32.5 Å². The molecule has 4 nitrogen and oxygen atoms in total.